The van der Waals surface area contributed by atoms with Gasteiger partial charge in [-0.3, -0.25) is 14.4 Å². The molecule has 0 aromatic rings. The Morgan fingerprint density at radius 1 is 0.253 bits per heavy atom. The van der Waals surface area contributed by atoms with Gasteiger partial charge in [-0.15, -0.1) is 0 Å². The molecular formula is C69H130O6. The van der Waals surface area contributed by atoms with Crippen molar-refractivity contribution >= 4 is 17.9 Å². The van der Waals surface area contributed by atoms with Crippen molar-refractivity contribution in [3.05, 3.63) is 24.3 Å². The van der Waals surface area contributed by atoms with Crippen molar-refractivity contribution in [3.63, 3.8) is 0 Å². The van der Waals surface area contributed by atoms with Crippen molar-refractivity contribution in [1.82, 2.24) is 0 Å². The Hall–Kier alpha value is -2.11. The van der Waals surface area contributed by atoms with Gasteiger partial charge in [0.05, 0.1) is 0 Å². The normalized spacial score (nSPS) is 12.1. The van der Waals surface area contributed by atoms with Crippen LogP contribution in [0.15, 0.2) is 24.3 Å². The van der Waals surface area contributed by atoms with Crippen molar-refractivity contribution in [2.75, 3.05) is 13.2 Å². The minimum Gasteiger partial charge on any atom is -0.462 e. The molecule has 442 valence electrons. The molecule has 0 aromatic carbocycles. The molecule has 0 saturated heterocycles. The van der Waals surface area contributed by atoms with E-state index in [-0.39, 0.29) is 31.1 Å². The van der Waals surface area contributed by atoms with Crippen LogP contribution in [0.1, 0.15) is 380 Å². The summed E-state index contributed by atoms with van der Waals surface area (Å²) in [7, 11) is 0. The molecule has 6 nitrogen and oxygen atoms in total. The zero-order valence-corrected chi connectivity index (χ0v) is 50.8. The zero-order chi connectivity index (χ0) is 54.3. The fourth-order valence-electron chi connectivity index (χ4n) is 10.3. The topological polar surface area (TPSA) is 78.9 Å². The first kappa shape index (κ1) is 72.9. The van der Waals surface area contributed by atoms with Crippen LogP contribution in [0.5, 0.6) is 0 Å². The van der Waals surface area contributed by atoms with Crippen molar-refractivity contribution in [1.29, 1.82) is 0 Å². The van der Waals surface area contributed by atoms with Gasteiger partial charge >= 0.3 is 17.9 Å². The molecule has 0 bridgehead atoms. The number of ether oxygens (including phenoxy) is 3. The van der Waals surface area contributed by atoms with Crippen LogP contribution < -0.4 is 0 Å². The Morgan fingerprint density at radius 3 is 0.667 bits per heavy atom. The van der Waals surface area contributed by atoms with E-state index in [9.17, 15) is 14.4 Å². The van der Waals surface area contributed by atoms with E-state index < -0.39 is 6.10 Å². The summed E-state index contributed by atoms with van der Waals surface area (Å²) in [6.07, 6.45) is 77.6. The Labute approximate surface area is 468 Å². The molecule has 1 unspecified atom stereocenters. The number of carbonyl (C=O) groups is 3. The van der Waals surface area contributed by atoms with Crippen LogP contribution in [-0.2, 0) is 28.6 Å². The summed E-state index contributed by atoms with van der Waals surface area (Å²) in [6, 6.07) is 0. The highest BCUT2D eigenvalue weighted by Crippen LogP contribution is 2.18. The maximum Gasteiger partial charge on any atom is 0.306 e. The molecule has 0 aliphatic carbocycles. The lowest BCUT2D eigenvalue weighted by Gasteiger charge is -2.18. The molecule has 0 aromatic heterocycles. The summed E-state index contributed by atoms with van der Waals surface area (Å²) in [5, 5.41) is 0. The molecule has 1 atom stereocenters. The number of unbranched alkanes of at least 4 members (excludes halogenated alkanes) is 48. The summed E-state index contributed by atoms with van der Waals surface area (Å²) < 4.78 is 17.0. The van der Waals surface area contributed by atoms with E-state index in [0.29, 0.717) is 19.3 Å². The van der Waals surface area contributed by atoms with Gasteiger partial charge in [-0.05, 0) is 70.6 Å². The molecule has 0 saturated carbocycles. The third kappa shape index (κ3) is 62.6. The average Bonchev–Trinajstić information content (AvgIpc) is 3.41. The predicted octanol–water partition coefficient (Wildman–Crippen LogP) is 23.0. The highest BCUT2D eigenvalue weighted by atomic mass is 16.6. The van der Waals surface area contributed by atoms with Crippen LogP contribution in [0.2, 0.25) is 0 Å². The van der Waals surface area contributed by atoms with E-state index in [1.54, 1.807) is 0 Å². The van der Waals surface area contributed by atoms with Gasteiger partial charge in [-0.25, -0.2) is 0 Å². The Bertz CT molecular complexity index is 1210. The Morgan fingerprint density at radius 2 is 0.440 bits per heavy atom. The number of hydrogen-bond acceptors (Lipinski definition) is 6. The second kappa shape index (κ2) is 64.4. The van der Waals surface area contributed by atoms with Gasteiger partial charge in [0.15, 0.2) is 6.10 Å². The van der Waals surface area contributed by atoms with E-state index in [2.05, 4.69) is 45.1 Å². The van der Waals surface area contributed by atoms with Gasteiger partial charge in [0.25, 0.3) is 0 Å². The van der Waals surface area contributed by atoms with E-state index in [4.69, 9.17) is 14.2 Å². The van der Waals surface area contributed by atoms with Crippen molar-refractivity contribution in [2.24, 2.45) is 0 Å². The lowest BCUT2D eigenvalue weighted by atomic mass is 10.0. The fourth-order valence-corrected chi connectivity index (χ4v) is 10.3. The molecule has 6 heteroatoms. The zero-order valence-electron chi connectivity index (χ0n) is 50.8. The molecule has 0 heterocycles. The maximum absolute atomic E-state index is 12.9. The van der Waals surface area contributed by atoms with Crippen molar-refractivity contribution in [3.8, 4) is 0 Å². The summed E-state index contributed by atoms with van der Waals surface area (Å²) in [4.78, 5) is 38.4. The number of allylic oxidation sites excluding steroid dienone is 4. The summed E-state index contributed by atoms with van der Waals surface area (Å²) in [6.45, 7) is 6.70. The fraction of sp³-hybridized carbons (Fsp3) is 0.899. The van der Waals surface area contributed by atoms with Gasteiger partial charge in [0.2, 0.25) is 0 Å². The second-order valence-electron chi connectivity index (χ2n) is 23.1. The lowest BCUT2D eigenvalue weighted by molar-refractivity contribution is -0.167. The van der Waals surface area contributed by atoms with Gasteiger partial charge < -0.3 is 14.2 Å². The maximum atomic E-state index is 12.9. The summed E-state index contributed by atoms with van der Waals surface area (Å²) in [5.41, 5.74) is 0. The summed E-state index contributed by atoms with van der Waals surface area (Å²) in [5.74, 6) is -0.849. The first-order valence-electron chi connectivity index (χ1n) is 33.8. The quantitative estimate of drug-likeness (QED) is 0.0261. The minimum atomic E-state index is -0.773. The van der Waals surface area contributed by atoms with Crippen LogP contribution in [0.25, 0.3) is 0 Å². The third-order valence-corrected chi connectivity index (χ3v) is 15.4. The molecule has 0 spiro atoms. The molecular weight excluding hydrogens is 925 g/mol. The van der Waals surface area contributed by atoms with Crippen LogP contribution >= 0.6 is 0 Å². The van der Waals surface area contributed by atoms with E-state index >= 15 is 0 Å². The third-order valence-electron chi connectivity index (χ3n) is 15.4. The minimum absolute atomic E-state index is 0.0691. The highest BCUT2D eigenvalue weighted by molar-refractivity contribution is 5.71. The van der Waals surface area contributed by atoms with E-state index in [1.807, 2.05) is 0 Å². The first-order valence-corrected chi connectivity index (χ1v) is 33.8. The summed E-state index contributed by atoms with van der Waals surface area (Å²) >= 11 is 0. The SMILES string of the molecule is CCCCCCCC/C=C\CCCCCCCCCC(=O)OCC(COC(=O)CCCCCCCCCCCCCCCCCCCCCCCCC)OC(=O)CCCCCCCCC/C=C\CCCCCCCC. The second-order valence-corrected chi connectivity index (χ2v) is 23.1. The van der Waals surface area contributed by atoms with E-state index in [0.717, 1.165) is 57.8 Å². The first-order chi connectivity index (χ1) is 37.0. The van der Waals surface area contributed by atoms with Crippen LogP contribution in [-0.4, -0.2) is 37.2 Å². The number of hydrogen-bond donors (Lipinski definition) is 0. The molecule has 0 radical (unpaired) electrons. The smallest absolute Gasteiger partial charge is 0.306 e. The number of esters is 3. The standard InChI is InChI=1S/C69H130O6/c1-4-7-10-13-16-19-22-25-28-31-32-33-34-35-36-39-41-44-47-50-53-56-59-62-68(71)74-65-66(75-69(72)63-60-57-54-51-48-45-42-38-30-27-24-21-18-15-12-9-6-3)64-73-67(70)61-58-55-52-49-46-43-40-37-29-26-23-20-17-14-11-8-5-2/h26-27,29-30,66H,4-25,28,31-65H2,1-3H3/b29-26-,30-27-. The van der Waals surface area contributed by atoms with Crippen molar-refractivity contribution in [2.45, 2.75) is 386 Å². The van der Waals surface area contributed by atoms with Gasteiger partial charge in [-0.1, -0.05) is 315 Å². The molecule has 0 N–H and O–H groups in total. The number of carbonyl (C=O) groups excluding carboxylic acids is 3. The van der Waals surface area contributed by atoms with Crippen LogP contribution in [0.4, 0.5) is 0 Å². The van der Waals surface area contributed by atoms with Gasteiger partial charge in [0, 0.05) is 19.3 Å². The van der Waals surface area contributed by atoms with Crippen LogP contribution in [0, 0.1) is 0 Å². The lowest BCUT2D eigenvalue weighted by Crippen LogP contribution is -2.30. The van der Waals surface area contributed by atoms with Crippen molar-refractivity contribution < 1.29 is 28.6 Å². The average molecular weight is 1060 g/mol. The molecule has 75 heavy (non-hydrogen) atoms. The molecule has 0 rings (SSSR count). The predicted molar refractivity (Wildman–Crippen MR) is 326 cm³/mol. The molecule has 0 fully saturated rings. The van der Waals surface area contributed by atoms with Crippen LogP contribution in [0.3, 0.4) is 0 Å². The monoisotopic (exact) mass is 1050 g/mol. The Kier molecular flexibility index (Phi) is 62.6. The molecule has 0 aliphatic heterocycles. The largest absolute Gasteiger partial charge is 0.462 e. The number of rotatable bonds is 63. The highest BCUT2D eigenvalue weighted by Gasteiger charge is 2.19. The van der Waals surface area contributed by atoms with Gasteiger partial charge in [-0.2, -0.15) is 0 Å². The van der Waals surface area contributed by atoms with E-state index in [1.165, 1.54) is 283 Å². The molecule has 0 amide bonds. The van der Waals surface area contributed by atoms with Gasteiger partial charge in [0.1, 0.15) is 13.2 Å². The molecule has 0 aliphatic rings. The Balaban J connectivity index is 4.28.